The standard InChI is InChI=1S/C14H17FN4/c1-3-4-11-13(16)17-8-18-14(11)19-12-6-5-10(15)7-9(12)2/h5-8H,3-4H2,1-2H3,(H3,16,17,18,19). The second-order valence-electron chi connectivity index (χ2n) is 4.42. The summed E-state index contributed by atoms with van der Waals surface area (Å²) in [5.41, 5.74) is 8.40. The van der Waals surface area contributed by atoms with E-state index in [1.54, 1.807) is 6.07 Å². The largest absolute Gasteiger partial charge is 0.383 e. The number of anilines is 3. The minimum atomic E-state index is -0.251. The topological polar surface area (TPSA) is 63.8 Å². The normalized spacial score (nSPS) is 10.5. The highest BCUT2D eigenvalue weighted by Crippen LogP contribution is 2.25. The van der Waals surface area contributed by atoms with Gasteiger partial charge in [-0.2, -0.15) is 0 Å². The Morgan fingerprint density at radius 1 is 1.32 bits per heavy atom. The van der Waals surface area contributed by atoms with Crippen molar-refractivity contribution < 1.29 is 4.39 Å². The zero-order chi connectivity index (χ0) is 13.8. The van der Waals surface area contributed by atoms with E-state index in [1.165, 1.54) is 18.5 Å². The fourth-order valence-corrected chi connectivity index (χ4v) is 1.93. The maximum absolute atomic E-state index is 13.1. The van der Waals surface area contributed by atoms with Gasteiger partial charge >= 0.3 is 0 Å². The summed E-state index contributed by atoms with van der Waals surface area (Å²) >= 11 is 0. The van der Waals surface area contributed by atoms with Gasteiger partial charge in [0, 0.05) is 11.3 Å². The van der Waals surface area contributed by atoms with E-state index in [9.17, 15) is 4.39 Å². The van der Waals surface area contributed by atoms with E-state index in [2.05, 4.69) is 22.2 Å². The van der Waals surface area contributed by atoms with Crippen LogP contribution in [0.25, 0.3) is 0 Å². The molecule has 0 radical (unpaired) electrons. The molecule has 19 heavy (non-hydrogen) atoms. The SMILES string of the molecule is CCCc1c(N)ncnc1Nc1ccc(F)cc1C. The van der Waals surface area contributed by atoms with Crippen LogP contribution in [0.3, 0.4) is 0 Å². The summed E-state index contributed by atoms with van der Waals surface area (Å²) in [4.78, 5) is 8.22. The van der Waals surface area contributed by atoms with Crippen LogP contribution in [-0.2, 0) is 6.42 Å². The van der Waals surface area contributed by atoms with Gasteiger partial charge in [-0.05, 0) is 37.1 Å². The van der Waals surface area contributed by atoms with Crippen LogP contribution in [0.1, 0.15) is 24.5 Å². The Hall–Kier alpha value is -2.17. The molecule has 0 amide bonds. The van der Waals surface area contributed by atoms with Crippen LogP contribution in [0, 0.1) is 12.7 Å². The molecule has 0 atom stereocenters. The number of rotatable bonds is 4. The molecule has 2 rings (SSSR count). The average Bonchev–Trinajstić information content (AvgIpc) is 2.37. The zero-order valence-electron chi connectivity index (χ0n) is 11.1. The molecule has 4 nitrogen and oxygen atoms in total. The second-order valence-corrected chi connectivity index (χ2v) is 4.42. The van der Waals surface area contributed by atoms with Crippen molar-refractivity contribution in [2.24, 2.45) is 0 Å². The number of aromatic nitrogens is 2. The van der Waals surface area contributed by atoms with Gasteiger partial charge in [0.15, 0.2) is 0 Å². The van der Waals surface area contributed by atoms with Gasteiger partial charge in [0.1, 0.15) is 23.8 Å². The van der Waals surface area contributed by atoms with E-state index in [0.717, 1.165) is 29.7 Å². The number of hydrogen-bond acceptors (Lipinski definition) is 4. The van der Waals surface area contributed by atoms with Gasteiger partial charge in [-0.25, -0.2) is 14.4 Å². The lowest BCUT2D eigenvalue weighted by Gasteiger charge is -2.13. The number of nitrogens with two attached hydrogens (primary N) is 1. The third-order valence-electron chi connectivity index (χ3n) is 2.92. The maximum Gasteiger partial charge on any atom is 0.139 e. The van der Waals surface area contributed by atoms with Crippen LogP contribution in [0.15, 0.2) is 24.5 Å². The Labute approximate surface area is 111 Å². The van der Waals surface area contributed by atoms with Crippen molar-refractivity contribution in [3.05, 3.63) is 41.5 Å². The number of nitrogens with zero attached hydrogens (tertiary/aromatic N) is 2. The summed E-state index contributed by atoms with van der Waals surface area (Å²) < 4.78 is 13.1. The van der Waals surface area contributed by atoms with Crippen molar-refractivity contribution in [3.63, 3.8) is 0 Å². The van der Waals surface area contributed by atoms with Crippen molar-refractivity contribution >= 4 is 17.3 Å². The lowest BCUT2D eigenvalue weighted by Crippen LogP contribution is -2.05. The van der Waals surface area contributed by atoms with E-state index in [4.69, 9.17) is 5.73 Å². The number of halogens is 1. The fourth-order valence-electron chi connectivity index (χ4n) is 1.93. The van der Waals surface area contributed by atoms with Crippen LogP contribution in [0.5, 0.6) is 0 Å². The van der Waals surface area contributed by atoms with E-state index in [0.29, 0.717) is 11.6 Å². The first-order valence-electron chi connectivity index (χ1n) is 6.24. The van der Waals surface area contributed by atoms with Gasteiger partial charge in [-0.3, -0.25) is 0 Å². The molecule has 5 heteroatoms. The molecular formula is C14H17FN4. The van der Waals surface area contributed by atoms with Gasteiger partial charge in [0.2, 0.25) is 0 Å². The van der Waals surface area contributed by atoms with Gasteiger partial charge in [0.25, 0.3) is 0 Å². The van der Waals surface area contributed by atoms with Gasteiger partial charge in [-0.15, -0.1) is 0 Å². The first-order chi connectivity index (χ1) is 9.11. The fraction of sp³-hybridized carbons (Fsp3) is 0.286. The average molecular weight is 260 g/mol. The van der Waals surface area contributed by atoms with Crippen LogP contribution < -0.4 is 11.1 Å². The van der Waals surface area contributed by atoms with Crippen LogP contribution in [0.2, 0.25) is 0 Å². The molecule has 0 spiro atoms. The van der Waals surface area contributed by atoms with Crippen LogP contribution in [-0.4, -0.2) is 9.97 Å². The van der Waals surface area contributed by atoms with Crippen molar-refractivity contribution in [1.82, 2.24) is 9.97 Å². The summed E-state index contributed by atoms with van der Waals surface area (Å²) in [7, 11) is 0. The molecule has 100 valence electrons. The smallest absolute Gasteiger partial charge is 0.139 e. The van der Waals surface area contributed by atoms with Crippen molar-refractivity contribution in [2.75, 3.05) is 11.1 Å². The van der Waals surface area contributed by atoms with Crippen LogP contribution >= 0.6 is 0 Å². The maximum atomic E-state index is 13.1. The molecule has 0 aliphatic carbocycles. The molecule has 2 aromatic rings. The lowest BCUT2D eigenvalue weighted by molar-refractivity contribution is 0.627. The molecule has 0 saturated carbocycles. The van der Waals surface area contributed by atoms with E-state index in [1.807, 2.05) is 6.92 Å². The Morgan fingerprint density at radius 3 is 2.79 bits per heavy atom. The molecule has 0 saturated heterocycles. The van der Waals surface area contributed by atoms with Crippen molar-refractivity contribution in [1.29, 1.82) is 0 Å². The Balaban J connectivity index is 2.35. The third kappa shape index (κ3) is 2.99. The van der Waals surface area contributed by atoms with E-state index in [-0.39, 0.29) is 5.82 Å². The summed E-state index contributed by atoms with van der Waals surface area (Å²) in [6.07, 6.45) is 3.18. The third-order valence-corrected chi connectivity index (χ3v) is 2.92. The predicted molar refractivity (Wildman–Crippen MR) is 74.9 cm³/mol. The highest BCUT2D eigenvalue weighted by Gasteiger charge is 2.09. The summed E-state index contributed by atoms with van der Waals surface area (Å²) in [5.74, 6) is 0.919. The number of nitrogen functional groups attached to an aromatic ring is 1. The van der Waals surface area contributed by atoms with Gasteiger partial charge in [-0.1, -0.05) is 13.3 Å². The van der Waals surface area contributed by atoms with Gasteiger partial charge in [0.05, 0.1) is 0 Å². The number of aryl methyl sites for hydroxylation is 1. The minimum absolute atomic E-state index is 0.251. The molecule has 1 aromatic heterocycles. The van der Waals surface area contributed by atoms with E-state index < -0.39 is 0 Å². The summed E-state index contributed by atoms with van der Waals surface area (Å²) in [6, 6.07) is 4.59. The van der Waals surface area contributed by atoms with Gasteiger partial charge < -0.3 is 11.1 Å². The van der Waals surface area contributed by atoms with Crippen LogP contribution in [0.4, 0.5) is 21.7 Å². The molecular weight excluding hydrogens is 243 g/mol. The van der Waals surface area contributed by atoms with E-state index >= 15 is 0 Å². The lowest BCUT2D eigenvalue weighted by atomic mass is 10.1. The predicted octanol–water partition coefficient (Wildman–Crippen LogP) is 3.20. The Morgan fingerprint density at radius 2 is 2.11 bits per heavy atom. The molecule has 3 N–H and O–H groups in total. The molecule has 0 aliphatic rings. The summed E-state index contributed by atoms with van der Waals surface area (Å²) in [5, 5.41) is 3.20. The first-order valence-corrected chi connectivity index (χ1v) is 6.24. The highest BCUT2D eigenvalue weighted by molar-refractivity contribution is 5.66. The zero-order valence-corrected chi connectivity index (χ0v) is 11.1. The summed E-state index contributed by atoms with van der Waals surface area (Å²) in [6.45, 7) is 3.91. The number of hydrogen-bond donors (Lipinski definition) is 2. The molecule has 1 aromatic carbocycles. The minimum Gasteiger partial charge on any atom is -0.383 e. The highest BCUT2D eigenvalue weighted by atomic mass is 19.1. The molecule has 0 bridgehead atoms. The first kappa shape index (κ1) is 13.3. The van der Waals surface area contributed by atoms with Crippen molar-refractivity contribution in [2.45, 2.75) is 26.7 Å². The second kappa shape index (κ2) is 5.65. The Bertz CT molecular complexity index is 584. The molecule has 0 unspecified atom stereocenters. The molecule has 0 fully saturated rings. The Kier molecular flexibility index (Phi) is 3.94. The molecule has 1 heterocycles. The van der Waals surface area contributed by atoms with Crippen molar-refractivity contribution in [3.8, 4) is 0 Å². The number of benzene rings is 1. The molecule has 0 aliphatic heterocycles. The monoisotopic (exact) mass is 260 g/mol. The quantitative estimate of drug-likeness (QED) is 0.886. The number of nitrogens with one attached hydrogen (secondary N) is 1.